The fourth-order valence-electron chi connectivity index (χ4n) is 2.22. The fraction of sp³-hybridized carbons (Fsp3) is 0.133. The highest BCUT2D eigenvalue weighted by atomic mass is 16.2. The Labute approximate surface area is 110 Å². The number of pyridine rings is 1. The average Bonchev–Trinajstić information content (AvgIpc) is 2.67. The van der Waals surface area contributed by atoms with Gasteiger partial charge < -0.3 is 0 Å². The van der Waals surface area contributed by atoms with Crippen LogP contribution < -0.4 is 4.90 Å². The largest absolute Gasteiger partial charge is 0.268 e. The lowest BCUT2D eigenvalue weighted by molar-refractivity contribution is 0.0925. The van der Waals surface area contributed by atoms with E-state index in [4.69, 9.17) is 0 Å². The Hall–Kier alpha value is -2.49. The minimum Gasteiger partial charge on any atom is -0.268 e. The third-order valence-electron chi connectivity index (χ3n) is 3.45. The van der Waals surface area contributed by atoms with Crippen LogP contribution in [0.15, 0.2) is 36.5 Å². The first kappa shape index (κ1) is 11.6. The molecule has 0 N–H and O–H groups in total. The smallest absolute Gasteiger partial charge is 0.267 e. The molecule has 2 heterocycles. The number of fused-ring (bicyclic) bond motifs is 1. The summed E-state index contributed by atoms with van der Waals surface area (Å²) in [7, 11) is 0. The molecular weight excluding hydrogens is 240 g/mol. The molecule has 0 saturated heterocycles. The summed E-state index contributed by atoms with van der Waals surface area (Å²) >= 11 is 0. The van der Waals surface area contributed by atoms with E-state index in [9.17, 15) is 9.59 Å². The van der Waals surface area contributed by atoms with Gasteiger partial charge in [0.2, 0.25) is 0 Å². The van der Waals surface area contributed by atoms with Crippen LogP contribution in [-0.4, -0.2) is 16.8 Å². The summed E-state index contributed by atoms with van der Waals surface area (Å²) in [5.74, 6) is -0.185. The van der Waals surface area contributed by atoms with E-state index in [1.807, 2.05) is 19.9 Å². The number of carbonyl (C=O) groups is 2. The van der Waals surface area contributed by atoms with E-state index in [2.05, 4.69) is 4.98 Å². The molecule has 0 unspecified atom stereocenters. The summed E-state index contributed by atoms with van der Waals surface area (Å²) in [4.78, 5) is 30.0. The van der Waals surface area contributed by atoms with Gasteiger partial charge in [-0.1, -0.05) is 12.1 Å². The van der Waals surface area contributed by atoms with E-state index < -0.39 is 0 Å². The van der Waals surface area contributed by atoms with Crippen molar-refractivity contribution in [1.82, 2.24) is 4.98 Å². The van der Waals surface area contributed by atoms with Gasteiger partial charge in [0.25, 0.3) is 11.8 Å². The number of benzene rings is 1. The summed E-state index contributed by atoms with van der Waals surface area (Å²) < 4.78 is 0. The predicted octanol–water partition coefficient (Wildman–Crippen LogP) is 2.50. The molecule has 0 fully saturated rings. The van der Waals surface area contributed by atoms with Crippen molar-refractivity contribution >= 4 is 17.6 Å². The molecule has 94 valence electrons. The van der Waals surface area contributed by atoms with Crippen LogP contribution in [0.2, 0.25) is 0 Å². The third kappa shape index (κ3) is 1.57. The van der Waals surface area contributed by atoms with Gasteiger partial charge in [-0.15, -0.1) is 0 Å². The predicted molar refractivity (Wildman–Crippen MR) is 71.3 cm³/mol. The third-order valence-corrected chi connectivity index (χ3v) is 3.45. The van der Waals surface area contributed by atoms with E-state index in [1.165, 1.54) is 0 Å². The molecule has 4 heteroatoms. The maximum absolute atomic E-state index is 12.3. The number of amides is 2. The first-order valence-electron chi connectivity index (χ1n) is 6.01. The molecule has 3 rings (SSSR count). The van der Waals surface area contributed by atoms with Crippen molar-refractivity contribution in [3.8, 4) is 0 Å². The van der Waals surface area contributed by atoms with Crippen LogP contribution >= 0.6 is 0 Å². The van der Waals surface area contributed by atoms with Gasteiger partial charge in [0.05, 0.1) is 11.1 Å². The summed E-state index contributed by atoms with van der Waals surface area (Å²) in [6.45, 7) is 3.79. The van der Waals surface area contributed by atoms with Crippen LogP contribution in [0.5, 0.6) is 0 Å². The van der Waals surface area contributed by atoms with Crippen LogP contribution in [0.3, 0.4) is 0 Å². The van der Waals surface area contributed by atoms with Gasteiger partial charge in [0, 0.05) is 6.20 Å². The second kappa shape index (κ2) is 4.02. The lowest BCUT2D eigenvalue weighted by atomic mass is 10.1. The highest BCUT2D eigenvalue weighted by Crippen LogP contribution is 2.29. The SMILES string of the molecule is Cc1ccnc(N2C(=O)c3ccccc3C2=O)c1C. The number of anilines is 1. The molecule has 0 radical (unpaired) electrons. The van der Waals surface area contributed by atoms with Gasteiger partial charge in [-0.05, 0) is 43.2 Å². The Morgan fingerprint density at radius 3 is 2.11 bits per heavy atom. The molecule has 0 atom stereocenters. The number of carbonyl (C=O) groups excluding carboxylic acids is 2. The summed E-state index contributed by atoms with van der Waals surface area (Å²) in [6, 6.07) is 8.70. The van der Waals surface area contributed by atoms with Gasteiger partial charge in [-0.25, -0.2) is 9.88 Å². The van der Waals surface area contributed by atoms with Crippen molar-refractivity contribution in [3.05, 3.63) is 58.8 Å². The molecule has 1 aromatic heterocycles. The lowest BCUT2D eigenvalue weighted by Crippen LogP contribution is -2.31. The molecule has 0 spiro atoms. The van der Waals surface area contributed by atoms with Gasteiger partial charge in [0.1, 0.15) is 5.82 Å². The van der Waals surface area contributed by atoms with Gasteiger partial charge in [-0.2, -0.15) is 0 Å². The van der Waals surface area contributed by atoms with Crippen molar-refractivity contribution < 1.29 is 9.59 Å². The molecule has 1 aromatic carbocycles. The Morgan fingerprint density at radius 2 is 1.53 bits per heavy atom. The van der Waals surface area contributed by atoms with Crippen LogP contribution in [0.1, 0.15) is 31.8 Å². The number of nitrogens with zero attached hydrogens (tertiary/aromatic N) is 2. The number of rotatable bonds is 1. The number of aryl methyl sites for hydroxylation is 1. The van der Waals surface area contributed by atoms with Crippen molar-refractivity contribution in [3.63, 3.8) is 0 Å². The first-order chi connectivity index (χ1) is 9.11. The molecule has 1 aliphatic heterocycles. The second-order valence-electron chi connectivity index (χ2n) is 4.57. The molecular formula is C15H12N2O2. The maximum atomic E-state index is 12.3. The van der Waals surface area contributed by atoms with Crippen LogP contribution in [0.25, 0.3) is 0 Å². The highest BCUT2D eigenvalue weighted by Gasteiger charge is 2.37. The molecule has 4 nitrogen and oxygen atoms in total. The molecule has 0 bridgehead atoms. The molecule has 2 aromatic rings. The van der Waals surface area contributed by atoms with E-state index in [0.29, 0.717) is 16.9 Å². The Morgan fingerprint density at radius 1 is 0.947 bits per heavy atom. The highest BCUT2D eigenvalue weighted by molar-refractivity contribution is 6.34. The normalized spacial score (nSPS) is 13.9. The van der Waals surface area contributed by atoms with Crippen molar-refractivity contribution in [2.24, 2.45) is 0 Å². The number of aromatic nitrogens is 1. The number of hydrogen-bond acceptors (Lipinski definition) is 3. The topological polar surface area (TPSA) is 50.3 Å². The molecule has 2 amide bonds. The Kier molecular flexibility index (Phi) is 2.45. The first-order valence-corrected chi connectivity index (χ1v) is 6.01. The van der Waals surface area contributed by atoms with E-state index in [1.54, 1.807) is 30.5 Å². The lowest BCUT2D eigenvalue weighted by Gasteiger charge is -2.16. The average molecular weight is 252 g/mol. The molecule has 0 aliphatic carbocycles. The standard InChI is InChI=1S/C15H12N2O2/c1-9-7-8-16-13(10(9)2)17-14(18)11-5-3-4-6-12(11)15(17)19/h3-8H,1-2H3. The van der Waals surface area contributed by atoms with Gasteiger partial charge >= 0.3 is 0 Å². The summed E-state index contributed by atoms with van der Waals surface area (Å²) in [5, 5.41) is 0. The number of hydrogen-bond donors (Lipinski definition) is 0. The van der Waals surface area contributed by atoms with Gasteiger partial charge in [-0.3, -0.25) is 9.59 Å². The maximum Gasteiger partial charge on any atom is 0.267 e. The van der Waals surface area contributed by atoms with Gasteiger partial charge in [0.15, 0.2) is 0 Å². The summed E-state index contributed by atoms with van der Waals surface area (Å²) in [6.07, 6.45) is 1.61. The minimum absolute atomic E-state index is 0.304. The van der Waals surface area contributed by atoms with E-state index in [-0.39, 0.29) is 11.8 Å². The van der Waals surface area contributed by atoms with Crippen molar-refractivity contribution in [2.75, 3.05) is 4.90 Å². The summed E-state index contributed by atoms with van der Waals surface area (Å²) in [5.41, 5.74) is 2.73. The number of imide groups is 1. The van der Waals surface area contributed by atoms with E-state index in [0.717, 1.165) is 16.0 Å². The molecule has 1 aliphatic rings. The fourth-order valence-corrected chi connectivity index (χ4v) is 2.22. The Bertz CT molecular complexity index is 672. The van der Waals surface area contributed by atoms with Crippen LogP contribution in [-0.2, 0) is 0 Å². The van der Waals surface area contributed by atoms with Crippen LogP contribution in [0, 0.1) is 13.8 Å². The zero-order chi connectivity index (χ0) is 13.6. The van der Waals surface area contributed by atoms with Crippen molar-refractivity contribution in [2.45, 2.75) is 13.8 Å². The zero-order valence-corrected chi connectivity index (χ0v) is 10.7. The second-order valence-corrected chi connectivity index (χ2v) is 4.57. The monoisotopic (exact) mass is 252 g/mol. The van der Waals surface area contributed by atoms with Crippen molar-refractivity contribution in [1.29, 1.82) is 0 Å². The molecule has 0 saturated carbocycles. The molecule has 19 heavy (non-hydrogen) atoms. The van der Waals surface area contributed by atoms with E-state index >= 15 is 0 Å². The zero-order valence-electron chi connectivity index (χ0n) is 10.7. The minimum atomic E-state index is -0.304. The Balaban J connectivity index is 2.17. The van der Waals surface area contributed by atoms with Crippen LogP contribution in [0.4, 0.5) is 5.82 Å². The quantitative estimate of drug-likeness (QED) is 0.733.